The number of aromatic nitrogens is 6. The summed E-state index contributed by atoms with van der Waals surface area (Å²) in [5, 5.41) is 18.3. The van der Waals surface area contributed by atoms with E-state index in [9.17, 15) is 5.11 Å². The molecule has 4 aromatic rings. The van der Waals surface area contributed by atoms with Gasteiger partial charge in [0.15, 0.2) is 5.82 Å². The molecule has 2 fully saturated rings. The number of nitrogens with zero attached hydrogens (tertiary/aromatic N) is 7. The van der Waals surface area contributed by atoms with E-state index in [0.29, 0.717) is 17.4 Å². The minimum absolute atomic E-state index is 0.189. The zero-order valence-electron chi connectivity index (χ0n) is 22.0. The van der Waals surface area contributed by atoms with Crippen LogP contribution >= 0.6 is 0 Å². The first-order valence-electron chi connectivity index (χ1n) is 13.6. The highest BCUT2D eigenvalue weighted by Gasteiger charge is 2.25. The SMILES string of the molecule is CCc1nc2c(N)ncc(-c3cnn(C4CCN(c5ccnc(C)c5)CC4)c3)c2nc1N[C@@H]1CC[C@H](O)C1. The summed E-state index contributed by atoms with van der Waals surface area (Å²) >= 11 is 0. The molecule has 4 N–H and O–H groups in total. The van der Waals surface area contributed by atoms with Gasteiger partial charge in [0.1, 0.15) is 16.9 Å². The molecular formula is C28H35N9O. The fourth-order valence-corrected chi connectivity index (χ4v) is 5.74. The van der Waals surface area contributed by atoms with Gasteiger partial charge in [-0.05, 0) is 57.6 Å². The lowest BCUT2D eigenvalue weighted by molar-refractivity contribution is 0.182. The Morgan fingerprint density at radius 3 is 2.66 bits per heavy atom. The molecule has 10 heteroatoms. The molecule has 0 bridgehead atoms. The van der Waals surface area contributed by atoms with Crippen LogP contribution in [0.3, 0.4) is 0 Å². The van der Waals surface area contributed by atoms with E-state index in [0.717, 1.165) is 85.5 Å². The van der Waals surface area contributed by atoms with E-state index < -0.39 is 0 Å². The number of hydrogen-bond acceptors (Lipinski definition) is 9. The van der Waals surface area contributed by atoms with E-state index in [1.165, 1.54) is 5.69 Å². The Morgan fingerprint density at radius 2 is 1.92 bits per heavy atom. The molecule has 0 unspecified atom stereocenters. The van der Waals surface area contributed by atoms with Gasteiger partial charge in [-0.15, -0.1) is 0 Å². The quantitative estimate of drug-likeness (QED) is 0.351. The molecule has 198 valence electrons. The van der Waals surface area contributed by atoms with Crippen LogP contribution in [0.2, 0.25) is 0 Å². The number of hydrogen-bond donors (Lipinski definition) is 3. The second-order valence-electron chi connectivity index (χ2n) is 10.5. The number of aryl methyl sites for hydroxylation is 2. The van der Waals surface area contributed by atoms with Gasteiger partial charge in [0.25, 0.3) is 0 Å². The van der Waals surface area contributed by atoms with Crippen molar-refractivity contribution in [3.05, 3.63) is 48.3 Å². The minimum atomic E-state index is -0.257. The van der Waals surface area contributed by atoms with Crippen molar-refractivity contribution in [3.63, 3.8) is 0 Å². The van der Waals surface area contributed by atoms with Crippen LogP contribution in [0, 0.1) is 6.92 Å². The summed E-state index contributed by atoms with van der Waals surface area (Å²) in [4.78, 5) is 21.1. The Bertz CT molecular complexity index is 1440. The van der Waals surface area contributed by atoms with Crippen molar-refractivity contribution in [2.45, 2.75) is 70.6 Å². The standard InChI is InChI=1S/C28H35N9O/c1-3-24-28(33-19-4-5-22(38)13-19)35-25-23(15-31-27(29)26(25)34-24)18-14-32-37(16-18)20-7-10-36(11-8-20)21-6-9-30-17(2)12-21/h6,9,12,14-16,19-20,22,38H,3-5,7-8,10-11,13H2,1-2H3,(H2,29,31)(H,33,35)/t19-,22+/m1/s1. The lowest BCUT2D eigenvalue weighted by atomic mass is 10.0. The second-order valence-corrected chi connectivity index (χ2v) is 10.5. The Balaban J connectivity index is 1.26. The predicted molar refractivity (Wildman–Crippen MR) is 149 cm³/mol. The van der Waals surface area contributed by atoms with Crippen LogP contribution in [0.5, 0.6) is 0 Å². The topological polar surface area (TPSA) is 131 Å². The molecular weight excluding hydrogens is 478 g/mol. The second kappa shape index (κ2) is 10.2. The molecule has 0 amide bonds. The van der Waals surface area contributed by atoms with Gasteiger partial charge in [-0.3, -0.25) is 9.67 Å². The number of piperidine rings is 1. The van der Waals surface area contributed by atoms with Gasteiger partial charge in [-0.25, -0.2) is 15.0 Å². The van der Waals surface area contributed by atoms with Gasteiger partial charge in [-0.2, -0.15) is 5.10 Å². The third-order valence-electron chi connectivity index (χ3n) is 7.88. The molecule has 1 saturated heterocycles. The summed E-state index contributed by atoms with van der Waals surface area (Å²) in [7, 11) is 0. The summed E-state index contributed by atoms with van der Waals surface area (Å²) in [5.74, 6) is 1.14. The lowest BCUT2D eigenvalue weighted by Crippen LogP contribution is -2.34. The van der Waals surface area contributed by atoms with Crippen LogP contribution in [-0.4, -0.2) is 60.1 Å². The van der Waals surface area contributed by atoms with Crippen molar-refractivity contribution in [1.82, 2.24) is 29.7 Å². The largest absolute Gasteiger partial charge is 0.393 e. The third-order valence-corrected chi connectivity index (χ3v) is 7.88. The highest BCUT2D eigenvalue weighted by molar-refractivity contribution is 5.96. The number of anilines is 3. The van der Waals surface area contributed by atoms with Gasteiger partial charge in [0.05, 0.1) is 24.0 Å². The zero-order chi connectivity index (χ0) is 26.2. The Kier molecular flexibility index (Phi) is 6.57. The fourth-order valence-electron chi connectivity index (χ4n) is 5.74. The fraction of sp³-hybridized carbons (Fsp3) is 0.464. The van der Waals surface area contributed by atoms with Gasteiger partial charge < -0.3 is 21.1 Å². The molecule has 4 aromatic heterocycles. The number of nitrogens with one attached hydrogen (secondary N) is 1. The smallest absolute Gasteiger partial charge is 0.151 e. The summed E-state index contributed by atoms with van der Waals surface area (Å²) < 4.78 is 2.08. The van der Waals surface area contributed by atoms with Gasteiger partial charge in [0.2, 0.25) is 0 Å². The molecule has 1 saturated carbocycles. The molecule has 0 aromatic carbocycles. The van der Waals surface area contributed by atoms with E-state index in [4.69, 9.17) is 20.8 Å². The average Bonchev–Trinajstić information content (AvgIpc) is 3.58. The Labute approximate surface area is 222 Å². The van der Waals surface area contributed by atoms with E-state index in [1.54, 1.807) is 6.20 Å². The van der Waals surface area contributed by atoms with Crippen molar-refractivity contribution < 1.29 is 5.11 Å². The summed E-state index contributed by atoms with van der Waals surface area (Å²) in [6, 6.07) is 4.75. The normalized spacial score (nSPS) is 20.3. The first-order chi connectivity index (χ1) is 18.5. The minimum Gasteiger partial charge on any atom is -0.393 e. The van der Waals surface area contributed by atoms with Gasteiger partial charge >= 0.3 is 0 Å². The Hall–Kier alpha value is -3.79. The summed E-state index contributed by atoms with van der Waals surface area (Å²) in [6.45, 7) is 6.05. The van der Waals surface area contributed by atoms with Crippen LogP contribution in [0.4, 0.5) is 17.3 Å². The van der Waals surface area contributed by atoms with Crippen molar-refractivity contribution in [1.29, 1.82) is 0 Å². The molecule has 10 nitrogen and oxygen atoms in total. The monoisotopic (exact) mass is 513 g/mol. The molecule has 0 radical (unpaired) electrons. The van der Waals surface area contributed by atoms with Crippen molar-refractivity contribution in [2.24, 2.45) is 0 Å². The van der Waals surface area contributed by atoms with Crippen LogP contribution in [0.15, 0.2) is 36.9 Å². The number of rotatable bonds is 6. The van der Waals surface area contributed by atoms with Crippen LogP contribution in [-0.2, 0) is 6.42 Å². The maximum atomic E-state index is 9.98. The number of nitrogen functional groups attached to an aromatic ring is 1. The number of aliphatic hydroxyl groups is 1. The maximum absolute atomic E-state index is 9.98. The van der Waals surface area contributed by atoms with Crippen molar-refractivity contribution in [3.8, 4) is 11.1 Å². The van der Waals surface area contributed by atoms with Gasteiger partial charge in [0, 0.05) is 60.2 Å². The molecule has 6 rings (SSSR count). The highest BCUT2D eigenvalue weighted by Crippen LogP contribution is 2.33. The third kappa shape index (κ3) is 4.76. The van der Waals surface area contributed by atoms with Crippen LogP contribution < -0.4 is 16.0 Å². The number of nitrogens with two attached hydrogens (primary N) is 1. The van der Waals surface area contributed by atoms with Crippen molar-refractivity contribution >= 4 is 28.4 Å². The van der Waals surface area contributed by atoms with Crippen LogP contribution in [0.1, 0.15) is 56.5 Å². The van der Waals surface area contributed by atoms with E-state index in [2.05, 4.69) is 50.1 Å². The first-order valence-corrected chi connectivity index (χ1v) is 13.6. The number of pyridine rings is 2. The number of fused-ring (bicyclic) bond motifs is 1. The highest BCUT2D eigenvalue weighted by atomic mass is 16.3. The molecule has 5 heterocycles. The van der Waals surface area contributed by atoms with E-state index in [1.807, 2.05) is 19.3 Å². The zero-order valence-corrected chi connectivity index (χ0v) is 22.0. The molecule has 2 atom stereocenters. The van der Waals surface area contributed by atoms with Gasteiger partial charge in [-0.1, -0.05) is 6.92 Å². The van der Waals surface area contributed by atoms with E-state index >= 15 is 0 Å². The first kappa shape index (κ1) is 24.5. The average molecular weight is 514 g/mol. The number of aliphatic hydroxyl groups excluding tert-OH is 1. The lowest BCUT2D eigenvalue weighted by Gasteiger charge is -2.33. The summed E-state index contributed by atoms with van der Waals surface area (Å²) in [6.07, 6.45) is 12.6. The maximum Gasteiger partial charge on any atom is 0.151 e. The Morgan fingerprint density at radius 1 is 1.08 bits per heavy atom. The van der Waals surface area contributed by atoms with E-state index in [-0.39, 0.29) is 12.1 Å². The molecule has 2 aliphatic rings. The molecule has 38 heavy (non-hydrogen) atoms. The van der Waals surface area contributed by atoms with Crippen LogP contribution in [0.25, 0.3) is 22.2 Å². The summed E-state index contributed by atoms with van der Waals surface area (Å²) in [5.41, 5.74) is 12.5. The molecule has 1 aliphatic carbocycles. The predicted octanol–water partition coefficient (Wildman–Crippen LogP) is 3.90. The molecule has 0 spiro atoms. The molecule has 1 aliphatic heterocycles. The van der Waals surface area contributed by atoms with Crippen molar-refractivity contribution in [2.75, 3.05) is 29.0 Å².